The van der Waals surface area contributed by atoms with Crippen LogP contribution in [0, 0.1) is 5.92 Å². The molecule has 0 atom stereocenters. The minimum Gasteiger partial charge on any atom is -0.475 e. The van der Waals surface area contributed by atoms with Crippen LogP contribution >= 0.6 is 0 Å². The third-order valence-electron chi connectivity index (χ3n) is 6.42. The van der Waals surface area contributed by atoms with E-state index in [0.29, 0.717) is 6.61 Å². The van der Waals surface area contributed by atoms with Crippen molar-refractivity contribution in [3.63, 3.8) is 0 Å². The zero-order valence-corrected chi connectivity index (χ0v) is 17.3. The molecular weight excluding hydrogens is 356 g/mol. The van der Waals surface area contributed by atoms with Gasteiger partial charge >= 0.3 is 0 Å². The summed E-state index contributed by atoms with van der Waals surface area (Å²) in [4.78, 5) is 2.28. The van der Waals surface area contributed by atoms with Gasteiger partial charge in [-0.05, 0) is 49.3 Å². The molecule has 0 spiro atoms. The molecule has 3 nitrogen and oxygen atoms in total. The molecule has 0 aromatic heterocycles. The minimum atomic E-state index is -0.0215. The number of hydrogen-bond acceptors (Lipinski definition) is 3. The Hall–Kier alpha value is -2.68. The number of piperidine rings is 1. The molecule has 4 rings (SSSR count). The normalized spacial score (nSPS) is 18.1. The first kappa shape index (κ1) is 19.6. The van der Waals surface area contributed by atoms with Crippen LogP contribution in [0.15, 0.2) is 85.4 Å². The Morgan fingerprint density at radius 1 is 0.966 bits per heavy atom. The van der Waals surface area contributed by atoms with Crippen LogP contribution in [0.3, 0.4) is 0 Å². The summed E-state index contributed by atoms with van der Waals surface area (Å²) in [6.07, 6.45) is 4.73. The number of nitrogens with one attached hydrogen (secondary N) is 1. The van der Waals surface area contributed by atoms with E-state index in [9.17, 15) is 0 Å². The Bertz CT molecular complexity index is 818. The molecule has 0 amide bonds. The predicted molar refractivity (Wildman–Crippen MR) is 119 cm³/mol. The summed E-state index contributed by atoms with van der Waals surface area (Å²) >= 11 is 0. The molecule has 2 aromatic rings. The first-order valence-corrected chi connectivity index (χ1v) is 10.8. The molecule has 1 heterocycles. The maximum absolute atomic E-state index is 5.98. The van der Waals surface area contributed by atoms with Gasteiger partial charge in [0, 0.05) is 30.7 Å². The third kappa shape index (κ3) is 4.67. The van der Waals surface area contributed by atoms with Crippen molar-refractivity contribution in [2.24, 2.45) is 5.92 Å². The number of nitrogens with zero attached hydrogens (tertiary/aromatic N) is 1. The highest BCUT2D eigenvalue weighted by atomic mass is 16.5. The summed E-state index contributed by atoms with van der Waals surface area (Å²) in [5.41, 5.74) is 3.68. The summed E-state index contributed by atoms with van der Waals surface area (Å²) in [6.45, 7) is 12.2. The van der Waals surface area contributed by atoms with Gasteiger partial charge in [0.05, 0.1) is 0 Å². The lowest BCUT2D eigenvalue weighted by molar-refractivity contribution is 0.0775. The summed E-state index contributed by atoms with van der Waals surface area (Å²) < 4.78 is 5.98. The highest BCUT2D eigenvalue weighted by Gasteiger charge is 2.39. The second-order valence-electron chi connectivity index (χ2n) is 8.41. The molecule has 0 bridgehead atoms. The van der Waals surface area contributed by atoms with Crippen LogP contribution in [0.5, 0.6) is 0 Å². The molecule has 1 saturated heterocycles. The van der Waals surface area contributed by atoms with E-state index >= 15 is 0 Å². The zero-order chi connectivity index (χ0) is 20.1. The third-order valence-corrected chi connectivity index (χ3v) is 6.42. The summed E-state index contributed by atoms with van der Waals surface area (Å²) in [5.74, 6) is 1.61. The first-order valence-electron chi connectivity index (χ1n) is 10.8. The topological polar surface area (TPSA) is 24.5 Å². The van der Waals surface area contributed by atoms with Crippen LogP contribution in [0.25, 0.3) is 0 Å². The van der Waals surface area contributed by atoms with Gasteiger partial charge in [0.1, 0.15) is 6.61 Å². The van der Waals surface area contributed by atoms with E-state index in [1.807, 2.05) is 18.2 Å². The van der Waals surface area contributed by atoms with Gasteiger partial charge < -0.3 is 15.0 Å². The Morgan fingerprint density at radius 3 is 2.21 bits per heavy atom. The van der Waals surface area contributed by atoms with Crippen LogP contribution < -0.4 is 5.32 Å². The zero-order valence-electron chi connectivity index (χ0n) is 17.3. The fourth-order valence-corrected chi connectivity index (χ4v) is 4.25. The lowest BCUT2D eigenvalue weighted by atomic mass is 9.70. The molecule has 1 saturated carbocycles. The molecule has 2 aromatic carbocycles. The molecule has 1 aliphatic carbocycles. The Kier molecular flexibility index (Phi) is 5.94. The van der Waals surface area contributed by atoms with Crippen LogP contribution in [-0.2, 0) is 16.8 Å². The molecule has 29 heavy (non-hydrogen) atoms. The van der Waals surface area contributed by atoms with Crippen molar-refractivity contribution in [2.45, 2.75) is 37.7 Å². The highest BCUT2D eigenvalue weighted by Crippen LogP contribution is 2.41. The van der Waals surface area contributed by atoms with Crippen LogP contribution in [0.1, 0.15) is 36.8 Å². The number of rotatable bonds is 9. The van der Waals surface area contributed by atoms with Gasteiger partial charge in [-0.1, -0.05) is 67.2 Å². The Balaban J connectivity index is 1.40. The van der Waals surface area contributed by atoms with E-state index in [-0.39, 0.29) is 5.41 Å². The van der Waals surface area contributed by atoms with Gasteiger partial charge in [-0.3, -0.25) is 0 Å². The number of hydrogen-bond donors (Lipinski definition) is 1. The monoisotopic (exact) mass is 388 g/mol. The highest BCUT2D eigenvalue weighted by molar-refractivity contribution is 5.36. The smallest absolute Gasteiger partial charge is 0.182 e. The largest absolute Gasteiger partial charge is 0.475 e. The lowest BCUT2D eigenvalue weighted by Crippen LogP contribution is -2.46. The second kappa shape index (κ2) is 8.77. The van der Waals surface area contributed by atoms with E-state index in [1.165, 1.54) is 29.7 Å². The molecule has 1 aliphatic heterocycles. The summed E-state index contributed by atoms with van der Waals surface area (Å²) in [7, 11) is 0. The van der Waals surface area contributed by atoms with Crippen molar-refractivity contribution in [3.05, 3.63) is 96.5 Å². The van der Waals surface area contributed by atoms with Crippen LogP contribution in [0.2, 0.25) is 0 Å². The van der Waals surface area contributed by atoms with Crippen molar-refractivity contribution >= 4 is 0 Å². The predicted octanol–water partition coefficient (Wildman–Crippen LogP) is 5.22. The van der Waals surface area contributed by atoms with Gasteiger partial charge in [0.2, 0.25) is 0 Å². The minimum absolute atomic E-state index is 0.0215. The molecule has 3 heteroatoms. The van der Waals surface area contributed by atoms with Gasteiger partial charge in [0.15, 0.2) is 5.88 Å². The van der Waals surface area contributed by atoms with Gasteiger partial charge in [-0.25, -0.2) is 0 Å². The molecule has 1 N–H and O–H groups in total. The second-order valence-corrected chi connectivity index (χ2v) is 8.41. The Labute approximate surface area is 175 Å². The number of benzene rings is 2. The van der Waals surface area contributed by atoms with Crippen molar-refractivity contribution < 1.29 is 4.74 Å². The molecule has 2 aliphatic rings. The maximum atomic E-state index is 5.98. The SMILES string of the molecule is C=C(OCc1ccccc1)N1CCC(C(=C)NCC2CC2)(c2ccccc2)CC1. The quantitative estimate of drug-likeness (QED) is 0.596. The number of likely N-dealkylation sites (tertiary alicyclic amines) is 1. The van der Waals surface area contributed by atoms with Crippen molar-refractivity contribution in [1.82, 2.24) is 10.2 Å². The fourth-order valence-electron chi connectivity index (χ4n) is 4.25. The van der Waals surface area contributed by atoms with E-state index in [4.69, 9.17) is 4.74 Å². The lowest BCUT2D eigenvalue weighted by Gasteiger charge is -2.44. The molecule has 0 radical (unpaired) electrons. The van der Waals surface area contributed by atoms with Crippen molar-refractivity contribution in [2.75, 3.05) is 19.6 Å². The van der Waals surface area contributed by atoms with E-state index in [2.05, 4.69) is 65.8 Å². The van der Waals surface area contributed by atoms with E-state index in [1.54, 1.807) is 0 Å². The van der Waals surface area contributed by atoms with Gasteiger partial charge in [0.25, 0.3) is 0 Å². The van der Waals surface area contributed by atoms with E-state index < -0.39 is 0 Å². The van der Waals surface area contributed by atoms with Crippen molar-refractivity contribution in [3.8, 4) is 0 Å². The Morgan fingerprint density at radius 2 is 1.59 bits per heavy atom. The maximum Gasteiger partial charge on any atom is 0.182 e. The fraction of sp³-hybridized carbons (Fsp3) is 0.385. The van der Waals surface area contributed by atoms with Gasteiger partial charge in [-0.2, -0.15) is 0 Å². The average Bonchev–Trinajstić information content (AvgIpc) is 3.62. The van der Waals surface area contributed by atoms with Crippen LogP contribution in [0.4, 0.5) is 0 Å². The first-order chi connectivity index (χ1) is 14.2. The summed E-state index contributed by atoms with van der Waals surface area (Å²) in [6, 6.07) is 21.1. The van der Waals surface area contributed by atoms with Crippen LogP contribution in [-0.4, -0.2) is 24.5 Å². The van der Waals surface area contributed by atoms with Crippen molar-refractivity contribution in [1.29, 1.82) is 0 Å². The molecule has 152 valence electrons. The molecular formula is C26H32N2O. The summed E-state index contributed by atoms with van der Waals surface area (Å²) in [5, 5.41) is 3.68. The standard InChI is InChI=1S/C26H32N2O/c1-21(27-19-23-13-14-23)26(25-11-7-4-8-12-25)15-17-28(18-16-26)22(2)29-20-24-9-5-3-6-10-24/h3-12,23,27H,1-2,13-20H2. The molecule has 2 fully saturated rings. The molecule has 0 unspecified atom stereocenters. The van der Waals surface area contributed by atoms with Gasteiger partial charge in [-0.15, -0.1) is 0 Å². The number of ether oxygens (including phenoxy) is 1. The average molecular weight is 389 g/mol. The van der Waals surface area contributed by atoms with E-state index in [0.717, 1.165) is 44.3 Å². The number of allylic oxidation sites excluding steroid dienone is 1.